The van der Waals surface area contributed by atoms with Crippen LogP contribution in [0.2, 0.25) is 0 Å². The second kappa shape index (κ2) is 7.64. The smallest absolute Gasteiger partial charge is 0.343 e. The predicted octanol–water partition coefficient (Wildman–Crippen LogP) is 3.03. The van der Waals surface area contributed by atoms with E-state index in [2.05, 4.69) is 26.0 Å². The fourth-order valence-electron chi connectivity index (χ4n) is 2.36. The third-order valence-electron chi connectivity index (χ3n) is 3.52. The molecule has 1 aliphatic carbocycles. The molecule has 0 amide bonds. The van der Waals surface area contributed by atoms with Gasteiger partial charge in [-0.1, -0.05) is 18.9 Å². The number of rotatable bonds is 6. The minimum absolute atomic E-state index is 0.0746. The lowest BCUT2D eigenvalue weighted by Crippen LogP contribution is -2.25. The van der Waals surface area contributed by atoms with Crippen molar-refractivity contribution < 1.29 is 14.3 Å². The SMILES string of the molecule is COC(=O)COc1ccc(CNC2CCCC2)cc1Br. The maximum Gasteiger partial charge on any atom is 0.343 e. The average molecular weight is 342 g/mol. The van der Waals surface area contributed by atoms with E-state index in [1.165, 1.54) is 38.4 Å². The van der Waals surface area contributed by atoms with Gasteiger partial charge in [-0.15, -0.1) is 0 Å². The molecule has 0 saturated heterocycles. The molecule has 1 saturated carbocycles. The maximum atomic E-state index is 11.0. The first-order chi connectivity index (χ1) is 9.69. The van der Waals surface area contributed by atoms with E-state index >= 15 is 0 Å². The minimum Gasteiger partial charge on any atom is -0.481 e. The Kier molecular flexibility index (Phi) is 5.86. The first kappa shape index (κ1) is 15.3. The molecule has 0 unspecified atom stereocenters. The van der Waals surface area contributed by atoms with Crippen LogP contribution in [0.15, 0.2) is 22.7 Å². The van der Waals surface area contributed by atoms with Crippen LogP contribution in [0.25, 0.3) is 0 Å². The van der Waals surface area contributed by atoms with Crippen LogP contribution in [0.4, 0.5) is 0 Å². The van der Waals surface area contributed by atoms with Gasteiger partial charge in [0.15, 0.2) is 6.61 Å². The Labute approximate surface area is 128 Å². The lowest BCUT2D eigenvalue weighted by atomic mass is 10.2. The molecule has 110 valence electrons. The summed E-state index contributed by atoms with van der Waals surface area (Å²) in [5.74, 6) is 0.267. The Morgan fingerprint density at radius 3 is 2.80 bits per heavy atom. The highest BCUT2D eigenvalue weighted by molar-refractivity contribution is 9.10. The van der Waals surface area contributed by atoms with Crippen molar-refractivity contribution in [2.45, 2.75) is 38.3 Å². The van der Waals surface area contributed by atoms with Crippen LogP contribution in [-0.2, 0) is 16.1 Å². The molecule has 1 fully saturated rings. The Morgan fingerprint density at radius 2 is 2.15 bits per heavy atom. The van der Waals surface area contributed by atoms with E-state index in [0.717, 1.165) is 11.0 Å². The van der Waals surface area contributed by atoms with Crippen LogP contribution in [0, 0.1) is 0 Å². The van der Waals surface area contributed by atoms with Crippen molar-refractivity contribution >= 4 is 21.9 Å². The number of benzene rings is 1. The molecule has 0 atom stereocenters. The molecule has 0 radical (unpaired) electrons. The summed E-state index contributed by atoms with van der Waals surface area (Å²) >= 11 is 3.47. The number of hydrogen-bond acceptors (Lipinski definition) is 4. The van der Waals surface area contributed by atoms with E-state index in [1.54, 1.807) is 0 Å². The van der Waals surface area contributed by atoms with Crippen LogP contribution < -0.4 is 10.1 Å². The van der Waals surface area contributed by atoms with Gasteiger partial charge in [-0.3, -0.25) is 0 Å². The Balaban J connectivity index is 1.86. The molecule has 1 aromatic carbocycles. The Morgan fingerprint density at radius 1 is 1.40 bits per heavy atom. The first-order valence-electron chi connectivity index (χ1n) is 6.90. The van der Waals surface area contributed by atoms with Gasteiger partial charge in [0, 0.05) is 12.6 Å². The van der Waals surface area contributed by atoms with Crippen molar-refractivity contribution in [1.82, 2.24) is 5.32 Å². The number of methoxy groups -OCH3 is 1. The number of esters is 1. The number of halogens is 1. The zero-order valence-corrected chi connectivity index (χ0v) is 13.2. The highest BCUT2D eigenvalue weighted by atomic mass is 79.9. The molecule has 1 N–H and O–H groups in total. The topological polar surface area (TPSA) is 47.6 Å². The van der Waals surface area contributed by atoms with E-state index in [0.29, 0.717) is 11.8 Å². The fraction of sp³-hybridized carbons (Fsp3) is 0.533. The monoisotopic (exact) mass is 341 g/mol. The summed E-state index contributed by atoms with van der Waals surface area (Å²) in [6.07, 6.45) is 5.23. The van der Waals surface area contributed by atoms with Gasteiger partial charge in [-0.05, 0) is 46.5 Å². The zero-order valence-electron chi connectivity index (χ0n) is 11.7. The van der Waals surface area contributed by atoms with Gasteiger partial charge in [0.1, 0.15) is 5.75 Å². The van der Waals surface area contributed by atoms with Crippen molar-refractivity contribution in [2.24, 2.45) is 0 Å². The Hall–Kier alpha value is -1.07. The summed E-state index contributed by atoms with van der Waals surface area (Å²) < 4.78 is 10.8. The molecule has 0 aliphatic heterocycles. The van der Waals surface area contributed by atoms with E-state index in [-0.39, 0.29) is 12.6 Å². The number of carbonyl (C=O) groups excluding carboxylic acids is 1. The molecule has 5 heteroatoms. The van der Waals surface area contributed by atoms with Crippen LogP contribution in [-0.4, -0.2) is 25.7 Å². The molecule has 0 bridgehead atoms. The molecular formula is C15H20BrNO3. The second-order valence-electron chi connectivity index (χ2n) is 4.99. The van der Waals surface area contributed by atoms with Gasteiger partial charge in [-0.25, -0.2) is 4.79 Å². The molecule has 2 rings (SSSR count). The van der Waals surface area contributed by atoms with Gasteiger partial charge in [-0.2, -0.15) is 0 Å². The number of carbonyl (C=O) groups is 1. The highest BCUT2D eigenvalue weighted by Crippen LogP contribution is 2.26. The minimum atomic E-state index is -0.385. The Bertz CT molecular complexity index is 458. The van der Waals surface area contributed by atoms with Gasteiger partial charge in [0.25, 0.3) is 0 Å². The summed E-state index contributed by atoms with van der Waals surface area (Å²) in [4.78, 5) is 11.0. The van der Waals surface area contributed by atoms with Crippen molar-refractivity contribution in [2.75, 3.05) is 13.7 Å². The van der Waals surface area contributed by atoms with Crippen LogP contribution in [0.3, 0.4) is 0 Å². The van der Waals surface area contributed by atoms with Crippen LogP contribution in [0.5, 0.6) is 5.75 Å². The normalized spacial score (nSPS) is 15.3. The summed E-state index contributed by atoms with van der Waals surface area (Å²) in [5, 5.41) is 3.57. The molecule has 1 aliphatic rings. The second-order valence-corrected chi connectivity index (χ2v) is 5.85. The van der Waals surface area contributed by atoms with E-state index < -0.39 is 0 Å². The number of hydrogen-bond donors (Lipinski definition) is 1. The van der Waals surface area contributed by atoms with Gasteiger partial charge in [0.2, 0.25) is 0 Å². The molecule has 0 aromatic heterocycles. The van der Waals surface area contributed by atoms with E-state index in [9.17, 15) is 4.79 Å². The third-order valence-corrected chi connectivity index (χ3v) is 4.14. The average Bonchev–Trinajstić information content (AvgIpc) is 2.97. The lowest BCUT2D eigenvalue weighted by Gasteiger charge is -2.13. The van der Waals surface area contributed by atoms with Crippen LogP contribution in [0.1, 0.15) is 31.2 Å². The third kappa shape index (κ3) is 4.49. The van der Waals surface area contributed by atoms with Gasteiger partial charge < -0.3 is 14.8 Å². The number of ether oxygens (including phenoxy) is 2. The maximum absolute atomic E-state index is 11.0. The van der Waals surface area contributed by atoms with Crippen molar-refractivity contribution in [3.05, 3.63) is 28.2 Å². The quantitative estimate of drug-likeness (QED) is 0.808. The molecular weight excluding hydrogens is 322 g/mol. The van der Waals surface area contributed by atoms with Gasteiger partial charge >= 0.3 is 5.97 Å². The van der Waals surface area contributed by atoms with E-state index in [1.807, 2.05) is 18.2 Å². The number of nitrogens with one attached hydrogen (secondary N) is 1. The summed E-state index contributed by atoms with van der Waals surface area (Å²) in [5.41, 5.74) is 1.20. The zero-order chi connectivity index (χ0) is 14.4. The predicted molar refractivity (Wildman–Crippen MR) is 80.7 cm³/mol. The van der Waals surface area contributed by atoms with Crippen molar-refractivity contribution in [3.8, 4) is 5.75 Å². The van der Waals surface area contributed by atoms with Crippen molar-refractivity contribution in [1.29, 1.82) is 0 Å². The van der Waals surface area contributed by atoms with E-state index in [4.69, 9.17) is 4.74 Å². The molecule has 1 aromatic rings. The fourth-order valence-corrected chi connectivity index (χ4v) is 2.90. The largest absolute Gasteiger partial charge is 0.481 e. The molecule has 4 nitrogen and oxygen atoms in total. The van der Waals surface area contributed by atoms with Crippen molar-refractivity contribution in [3.63, 3.8) is 0 Å². The highest BCUT2D eigenvalue weighted by Gasteiger charge is 2.14. The molecule has 0 heterocycles. The first-order valence-corrected chi connectivity index (χ1v) is 7.70. The lowest BCUT2D eigenvalue weighted by molar-refractivity contribution is -0.142. The molecule has 0 spiro atoms. The summed E-state index contributed by atoms with van der Waals surface area (Å²) in [6, 6.07) is 6.57. The van der Waals surface area contributed by atoms with Gasteiger partial charge in [0.05, 0.1) is 11.6 Å². The standard InChI is InChI=1S/C15H20BrNO3/c1-19-15(18)10-20-14-7-6-11(8-13(14)16)9-17-12-4-2-3-5-12/h6-8,12,17H,2-5,9-10H2,1H3. The summed E-state index contributed by atoms with van der Waals surface area (Å²) in [7, 11) is 1.35. The summed E-state index contributed by atoms with van der Waals surface area (Å²) in [6.45, 7) is 0.787. The van der Waals surface area contributed by atoms with Crippen LogP contribution >= 0.6 is 15.9 Å². The molecule has 20 heavy (non-hydrogen) atoms.